The molecule has 1 aliphatic heterocycles. The predicted molar refractivity (Wildman–Crippen MR) is 99.5 cm³/mol. The van der Waals surface area contributed by atoms with Crippen LogP contribution in [0.1, 0.15) is 39.0 Å². The van der Waals surface area contributed by atoms with Gasteiger partial charge in [-0.2, -0.15) is 0 Å². The van der Waals surface area contributed by atoms with Crippen LogP contribution < -0.4 is 5.32 Å². The van der Waals surface area contributed by atoms with Gasteiger partial charge in [-0.05, 0) is 39.3 Å². The molecule has 8 heteroatoms. The van der Waals surface area contributed by atoms with E-state index >= 15 is 0 Å². The van der Waals surface area contributed by atoms with Crippen molar-refractivity contribution in [3.8, 4) is 0 Å². The van der Waals surface area contributed by atoms with Crippen molar-refractivity contribution in [1.29, 1.82) is 0 Å². The van der Waals surface area contributed by atoms with Gasteiger partial charge in [0, 0.05) is 18.3 Å². The number of thioether (sulfide) groups is 2. The molecule has 1 aromatic rings. The standard InChI is InChI=1S/C15H26N4OS3/c1-3-8-16-13(20)11-22-15-18-17-14(23-15)21-10-7-12-6-4-5-9-19(12)2/h12H,3-11H2,1-2H3,(H,16,20)/t12-/m0/s1. The summed E-state index contributed by atoms with van der Waals surface area (Å²) in [5.41, 5.74) is 0. The molecule has 1 atom stereocenters. The molecule has 130 valence electrons. The molecule has 0 spiro atoms. The van der Waals surface area contributed by atoms with E-state index in [0.717, 1.165) is 33.4 Å². The van der Waals surface area contributed by atoms with Gasteiger partial charge in [0.1, 0.15) is 0 Å². The van der Waals surface area contributed by atoms with Gasteiger partial charge in [-0.25, -0.2) is 0 Å². The molecular weight excluding hydrogens is 348 g/mol. The summed E-state index contributed by atoms with van der Waals surface area (Å²) in [6.07, 6.45) is 6.19. The summed E-state index contributed by atoms with van der Waals surface area (Å²) in [4.78, 5) is 14.1. The van der Waals surface area contributed by atoms with E-state index in [4.69, 9.17) is 0 Å². The highest BCUT2D eigenvalue weighted by atomic mass is 32.2. The van der Waals surface area contributed by atoms with Crippen LogP contribution in [0.5, 0.6) is 0 Å². The summed E-state index contributed by atoms with van der Waals surface area (Å²) in [7, 11) is 2.23. The summed E-state index contributed by atoms with van der Waals surface area (Å²) < 4.78 is 1.90. The monoisotopic (exact) mass is 374 g/mol. The lowest BCUT2D eigenvalue weighted by atomic mass is 10.0. The SMILES string of the molecule is CCCNC(=O)CSc1nnc(SCC[C@@H]2CCCCN2C)s1. The summed E-state index contributed by atoms with van der Waals surface area (Å²) in [6.45, 7) is 4.02. The number of rotatable bonds is 9. The summed E-state index contributed by atoms with van der Waals surface area (Å²) in [6, 6.07) is 0.722. The Hall–Kier alpha value is -0.310. The minimum Gasteiger partial charge on any atom is -0.355 e. The van der Waals surface area contributed by atoms with E-state index in [9.17, 15) is 4.79 Å². The fourth-order valence-corrected chi connectivity index (χ4v) is 5.51. The van der Waals surface area contributed by atoms with Crippen molar-refractivity contribution < 1.29 is 4.79 Å². The van der Waals surface area contributed by atoms with Crippen LogP contribution in [0.15, 0.2) is 8.68 Å². The van der Waals surface area contributed by atoms with Gasteiger partial charge in [0.2, 0.25) is 5.91 Å². The van der Waals surface area contributed by atoms with Gasteiger partial charge in [-0.15, -0.1) is 10.2 Å². The first kappa shape index (κ1) is 19.0. The van der Waals surface area contributed by atoms with E-state index in [1.54, 1.807) is 23.1 Å². The van der Waals surface area contributed by atoms with Crippen LogP contribution in [0.3, 0.4) is 0 Å². The van der Waals surface area contributed by atoms with Gasteiger partial charge in [0.15, 0.2) is 8.68 Å². The quantitative estimate of drug-likeness (QED) is 0.670. The highest BCUT2D eigenvalue weighted by molar-refractivity contribution is 8.03. The summed E-state index contributed by atoms with van der Waals surface area (Å²) >= 11 is 4.86. The first-order chi connectivity index (χ1) is 11.2. The fraction of sp³-hybridized carbons (Fsp3) is 0.800. The molecule has 1 aliphatic rings. The number of likely N-dealkylation sites (tertiary alicyclic amines) is 1. The molecule has 0 bridgehead atoms. The van der Waals surface area contributed by atoms with Crippen LogP contribution in [-0.2, 0) is 4.79 Å². The largest absolute Gasteiger partial charge is 0.355 e. The highest BCUT2D eigenvalue weighted by Crippen LogP contribution is 2.30. The molecule has 0 aromatic carbocycles. The number of carbonyl (C=O) groups is 1. The van der Waals surface area contributed by atoms with Crippen LogP contribution in [0.2, 0.25) is 0 Å². The third-order valence-electron chi connectivity index (χ3n) is 3.88. The Kier molecular flexibility index (Phi) is 8.71. The molecule has 23 heavy (non-hydrogen) atoms. The van der Waals surface area contributed by atoms with Gasteiger partial charge < -0.3 is 10.2 Å². The second kappa shape index (κ2) is 10.5. The highest BCUT2D eigenvalue weighted by Gasteiger charge is 2.18. The molecular formula is C15H26N4OS3. The molecule has 0 unspecified atom stereocenters. The number of nitrogens with zero attached hydrogens (tertiary/aromatic N) is 3. The number of amides is 1. The molecule has 1 aromatic heterocycles. The lowest BCUT2D eigenvalue weighted by Gasteiger charge is -2.32. The van der Waals surface area contributed by atoms with Crippen LogP contribution in [0, 0.1) is 0 Å². The second-order valence-corrected chi connectivity index (χ2v) is 9.28. The average Bonchev–Trinajstić information content (AvgIpc) is 3.00. The van der Waals surface area contributed by atoms with Gasteiger partial charge >= 0.3 is 0 Å². The van der Waals surface area contributed by atoms with Crippen molar-refractivity contribution in [2.45, 2.75) is 53.7 Å². The van der Waals surface area contributed by atoms with E-state index in [-0.39, 0.29) is 5.91 Å². The van der Waals surface area contributed by atoms with Gasteiger partial charge in [0.05, 0.1) is 5.75 Å². The third kappa shape index (κ3) is 6.99. The Balaban J connectivity index is 1.65. The molecule has 2 rings (SSSR count). The summed E-state index contributed by atoms with van der Waals surface area (Å²) in [5, 5.41) is 11.3. The normalized spacial score (nSPS) is 19.0. The van der Waals surface area contributed by atoms with Crippen LogP contribution in [0.4, 0.5) is 0 Å². The van der Waals surface area contributed by atoms with Crippen molar-refractivity contribution in [3.63, 3.8) is 0 Å². The van der Waals surface area contributed by atoms with Gasteiger partial charge in [-0.1, -0.05) is 48.2 Å². The molecule has 2 heterocycles. The van der Waals surface area contributed by atoms with Crippen molar-refractivity contribution in [2.24, 2.45) is 0 Å². The smallest absolute Gasteiger partial charge is 0.230 e. The first-order valence-corrected chi connectivity index (χ1v) is 11.0. The number of hydrogen-bond acceptors (Lipinski definition) is 7. The Labute approximate surface area is 151 Å². The molecule has 1 fully saturated rings. The Bertz CT molecular complexity index is 483. The maximum absolute atomic E-state index is 11.6. The lowest BCUT2D eigenvalue weighted by molar-refractivity contribution is -0.118. The minimum atomic E-state index is 0.0709. The first-order valence-electron chi connectivity index (χ1n) is 8.25. The number of hydrogen-bond donors (Lipinski definition) is 1. The molecule has 0 saturated carbocycles. The van der Waals surface area contributed by atoms with E-state index in [1.807, 2.05) is 6.92 Å². The molecule has 0 radical (unpaired) electrons. The van der Waals surface area contributed by atoms with Crippen LogP contribution >= 0.6 is 34.9 Å². The molecule has 1 N–H and O–H groups in total. The Morgan fingerprint density at radius 1 is 1.35 bits per heavy atom. The summed E-state index contributed by atoms with van der Waals surface area (Å²) in [5.74, 6) is 1.58. The average molecular weight is 375 g/mol. The van der Waals surface area contributed by atoms with E-state index in [1.165, 1.54) is 44.0 Å². The number of nitrogens with one attached hydrogen (secondary N) is 1. The van der Waals surface area contributed by atoms with E-state index in [2.05, 4.69) is 27.5 Å². The predicted octanol–water partition coefficient (Wildman–Crippen LogP) is 3.12. The number of piperidine rings is 1. The zero-order valence-electron chi connectivity index (χ0n) is 13.9. The van der Waals surface area contributed by atoms with Crippen molar-refractivity contribution in [3.05, 3.63) is 0 Å². The zero-order valence-corrected chi connectivity index (χ0v) is 16.4. The van der Waals surface area contributed by atoms with Crippen molar-refractivity contribution in [1.82, 2.24) is 20.4 Å². The maximum atomic E-state index is 11.6. The fourth-order valence-electron chi connectivity index (χ4n) is 2.55. The van der Waals surface area contributed by atoms with E-state index in [0.29, 0.717) is 5.75 Å². The van der Waals surface area contributed by atoms with Gasteiger partial charge in [0.25, 0.3) is 0 Å². The number of carbonyl (C=O) groups excluding carboxylic acids is 1. The third-order valence-corrected chi connectivity index (χ3v) is 7.11. The van der Waals surface area contributed by atoms with Crippen molar-refractivity contribution in [2.75, 3.05) is 31.6 Å². The lowest BCUT2D eigenvalue weighted by Crippen LogP contribution is -2.36. The molecule has 5 nitrogen and oxygen atoms in total. The second-order valence-electron chi connectivity index (χ2n) is 5.74. The van der Waals surface area contributed by atoms with Gasteiger partial charge in [-0.3, -0.25) is 4.79 Å². The van der Waals surface area contributed by atoms with Crippen LogP contribution in [-0.4, -0.2) is 58.7 Å². The zero-order chi connectivity index (χ0) is 16.5. The minimum absolute atomic E-state index is 0.0709. The molecule has 0 aliphatic carbocycles. The Morgan fingerprint density at radius 2 is 2.13 bits per heavy atom. The van der Waals surface area contributed by atoms with Crippen molar-refractivity contribution >= 4 is 40.8 Å². The maximum Gasteiger partial charge on any atom is 0.230 e. The number of aromatic nitrogens is 2. The molecule has 1 amide bonds. The Morgan fingerprint density at radius 3 is 2.87 bits per heavy atom. The molecule has 1 saturated heterocycles. The van der Waals surface area contributed by atoms with Crippen LogP contribution in [0.25, 0.3) is 0 Å². The van der Waals surface area contributed by atoms with E-state index < -0.39 is 0 Å². The topological polar surface area (TPSA) is 58.1 Å².